The Bertz CT molecular complexity index is 628. The third-order valence-corrected chi connectivity index (χ3v) is 4.84. The van der Waals surface area contributed by atoms with Crippen LogP contribution in [0.3, 0.4) is 0 Å². The molecule has 0 amide bonds. The molecular weight excluding hydrogens is 298 g/mol. The molecule has 108 valence electrons. The monoisotopic (exact) mass is 313 g/mol. The van der Waals surface area contributed by atoms with E-state index in [0.717, 1.165) is 31.4 Å². The fourth-order valence-electron chi connectivity index (χ4n) is 2.65. The van der Waals surface area contributed by atoms with Crippen LogP contribution >= 0.6 is 11.6 Å². The molecule has 7 heteroatoms. The molecule has 0 aliphatic carbocycles. The van der Waals surface area contributed by atoms with E-state index < -0.39 is 10.2 Å². The molecule has 1 N–H and O–H groups in total. The number of nitrogens with zero attached hydrogens (tertiary/aromatic N) is 2. The van der Waals surface area contributed by atoms with E-state index in [1.165, 1.54) is 0 Å². The summed E-state index contributed by atoms with van der Waals surface area (Å²) >= 11 is 5.89. The van der Waals surface area contributed by atoms with Crippen LogP contribution in [0, 0.1) is 0 Å². The number of hydrogen-bond donors (Lipinski definition) is 1. The van der Waals surface area contributed by atoms with E-state index in [4.69, 9.17) is 11.6 Å². The van der Waals surface area contributed by atoms with Gasteiger partial charge in [0.25, 0.3) is 0 Å². The summed E-state index contributed by atoms with van der Waals surface area (Å²) in [6, 6.07) is 7.25. The first-order valence-corrected chi connectivity index (χ1v) is 8.50. The second kappa shape index (κ2) is 5.35. The van der Waals surface area contributed by atoms with Crippen LogP contribution in [0.2, 0.25) is 5.02 Å². The summed E-state index contributed by atoms with van der Waals surface area (Å²) in [4.78, 5) is 2.05. The van der Waals surface area contributed by atoms with E-state index in [-0.39, 0.29) is 6.17 Å². The minimum absolute atomic E-state index is 0.386. The van der Waals surface area contributed by atoms with E-state index in [1.807, 2.05) is 12.1 Å². The van der Waals surface area contributed by atoms with E-state index in [0.29, 0.717) is 17.3 Å². The first-order chi connectivity index (χ1) is 9.55. The van der Waals surface area contributed by atoms with E-state index in [9.17, 15) is 8.42 Å². The summed E-state index contributed by atoms with van der Waals surface area (Å²) in [6.07, 6.45) is 3.46. The number of nitrogens with one attached hydrogen (secondary N) is 1. The van der Waals surface area contributed by atoms with Gasteiger partial charge in [-0.15, -0.1) is 4.40 Å². The van der Waals surface area contributed by atoms with Gasteiger partial charge >= 0.3 is 10.2 Å². The molecule has 0 bridgehead atoms. The molecule has 0 spiro atoms. The molecule has 5 nitrogen and oxygen atoms in total. The van der Waals surface area contributed by atoms with Crippen molar-refractivity contribution in [2.45, 2.75) is 31.8 Å². The molecule has 3 rings (SSSR count). The summed E-state index contributed by atoms with van der Waals surface area (Å²) in [5.41, 5.74) is 0.882. The van der Waals surface area contributed by atoms with Crippen molar-refractivity contribution in [2.75, 3.05) is 6.54 Å². The highest BCUT2D eigenvalue weighted by atomic mass is 35.5. The number of fused-ring (bicyclic) bond motifs is 1. The fourth-order valence-corrected chi connectivity index (χ4v) is 3.85. The molecule has 0 unspecified atom stereocenters. The predicted octanol–water partition coefficient (Wildman–Crippen LogP) is 2.46. The van der Waals surface area contributed by atoms with Crippen LogP contribution in [-0.2, 0) is 10.2 Å². The maximum Gasteiger partial charge on any atom is 0.323 e. The molecule has 2 heterocycles. The predicted molar refractivity (Wildman–Crippen MR) is 78.9 cm³/mol. The average Bonchev–Trinajstić information content (AvgIpc) is 2.62. The number of amidine groups is 1. The quantitative estimate of drug-likeness (QED) is 0.866. The molecule has 1 fully saturated rings. The Labute approximate surface area is 123 Å². The lowest BCUT2D eigenvalue weighted by atomic mass is 10.1. The molecule has 1 aromatic rings. The van der Waals surface area contributed by atoms with Crippen molar-refractivity contribution in [3.8, 4) is 0 Å². The lowest BCUT2D eigenvalue weighted by molar-refractivity contribution is 0.292. The summed E-state index contributed by atoms with van der Waals surface area (Å²) in [7, 11) is -3.61. The first-order valence-electron chi connectivity index (χ1n) is 6.68. The Morgan fingerprint density at radius 1 is 1.20 bits per heavy atom. The van der Waals surface area contributed by atoms with Gasteiger partial charge in [0.1, 0.15) is 12.0 Å². The highest BCUT2D eigenvalue weighted by molar-refractivity contribution is 7.88. The number of rotatable bonds is 1. The van der Waals surface area contributed by atoms with Gasteiger partial charge in [0, 0.05) is 18.0 Å². The fraction of sp³-hybridized carbons (Fsp3) is 0.462. The zero-order valence-corrected chi connectivity index (χ0v) is 12.5. The molecule has 2 aliphatic rings. The zero-order valence-electron chi connectivity index (χ0n) is 10.9. The molecule has 2 aliphatic heterocycles. The van der Waals surface area contributed by atoms with E-state index >= 15 is 0 Å². The van der Waals surface area contributed by atoms with Gasteiger partial charge in [0.15, 0.2) is 0 Å². The Morgan fingerprint density at radius 2 is 1.95 bits per heavy atom. The zero-order chi connectivity index (χ0) is 14.2. The summed E-state index contributed by atoms with van der Waals surface area (Å²) in [5, 5.41) is 0.636. The first kappa shape index (κ1) is 13.9. The van der Waals surface area contributed by atoms with Crippen LogP contribution in [0.4, 0.5) is 0 Å². The van der Waals surface area contributed by atoms with Crippen LogP contribution in [0.1, 0.15) is 37.4 Å². The molecule has 0 saturated carbocycles. The normalized spacial score (nSPS) is 25.6. The minimum Gasteiger partial charge on any atom is -0.339 e. The summed E-state index contributed by atoms with van der Waals surface area (Å²) < 4.78 is 30.3. The molecule has 1 saturated heterocycles. The SMILES string of the molecule is O=S1(=O)N=C2CCCCCN2[C@H](c2ccc(Cl)cc2)N1. The van der Waals surface area contributed by atoms with Gasteiger partial charge in [-0.25, -0.2) is 0 Å². The van der Waals surface area contributed by atoms with Gasteiger partial charge in [-0.05, 0) is 30.5 Å². The number of benzene rings is 1. The van der Waals surface area contributed by atoms with Crippen molar-refractivity contribution < 1.29 is 8.42 Å². The number of hydrogen-bond acceptors (Lipinski definition) is 3. The van der Waals surface area contributed by atoms with Crippen molar-refractivity contribution in [1.82, 2.24) is 9.62 Å². The highest BCUT2D eigenvalue weighted by Crippen LogP contribution is 2.28. The van der Waals surface area contributed by atoms with E-state index in [1.54, 1.807) is 12.1 Å². The third-order valence-electron chi connectivity index (χ3n) is 3.61. The molecule has 20 heavy (non-hydrogen) atoms. The molecule has 0 radical (unpaired) electrons. The smallest absolute Gasteiger partial charge is 0.323 e. The lowest BCUT2D eigenvalue weighted by Gasteiger charge is -2.36. The lowest BCUT2D eigenvalue weighted by Crippen LogP contribution is -2.48. The van der Waals surface area contributed by atoms with Gasteiger partial charge in [0.2, 0.25) is 0 Å². The minimum atomic E-state index is -3.61. The second-order valence-corrected chi connectivity index (χ2v) is 6.86. The molecule has 0 aromatic heterocycles. The maximum absolute atomic E-state index is 11.9. The average molecular weight is 314 g/mol. The highest BCUT2D eigenvalue weighted by Gasteiger charge is 2.33. The Hall–Kier alpha value is -1.11. The van der Waals surface area contributed by atoms with Crippen LogP contribution in [0.5, 0.6) is 0 Å². The van der Waals surface area contributed by atoms with Crippen molar-refractivity contribution in [3.63, 3.8) is 0 Å². The third kappa shape index (κ3) is 2.82. The molecular formula is C13H16ClN3O2S. The Morgan fingerprint density at radius 3 is 2.70 bits per heavy atom. The van der Waals surface area contributed by atoms with Crippen molar-refractivity contribution in [2.24, 2.45) is 4.40 Å². The largest absolute Gasteiger partial charge is 0.339 e. The van der Waals surface area contributed by atoms with E-state index in [2.05, 4.69) is 14.0 Å². The maximum atomic E-state index is 11.9. The van der Waals surface area contributed by atoms with Crippen LogP contribution in [0.15, 0.2) is 28.7 Å². The molecule has 1 atom stereocenters. The Balaban J connectivity index is 2.01. The second-order valence-electron chi connectivity index (χ2n) is 5.06. The van der Waals surface area contributed by atoms with Gasteiger partial charge in [-0.2, -0.15) is 13.1 Å². The number of halogens is 1. The van der Waals surface area contributed by atoms with Gasteiger partial charge < -0.3 is 4.90 Å². The van der Waals surface area contributed by atoms with Gasteiger partial charge in [-0.1, -0.05) is 30.2 Å². The van der Waals surface area contributed by atoms with Crippen LogP contribution < -0.4 is 4.72 Å². The van der Waals surface area contributed by atoms with Crippen molar-refractivity contribution in [3.05, 3.63) is 34.9 Å². The van der Waals surface area contributed by atoms with Crippen molar-refractivity contribution >= 4 is 27.6 Å². The summed E-state index contributed by atoms with van der Waals surface area (Å²) in [5.74, 6) is 0.668. The van der Waals surface area contributed by atoms with Gasteiger partial charge in [0.05, 0.1) is 0 Å². The van der Waals surface area contributed by atoms with Crippen LogP contribution in [-0.4, -0.2) is 25.7 Å². The van der Waals surface area contributed by atoms with Crippen LogP contribution in [0.25, 0.3) is 0 Å². The summed E-state index contributed by atoms with van der Waals surface area (Å²) in [6.45, 7) is 0.814. The standard InChI is InChI=1S/C13H16ClN3O2S/c14-11-7-5-10(6-8-11)13-16-20(18,19)15-12-4-2-1-3-9-17(12)13/h5-8,13,16H,1-4,9H2/t13-/m1/s1. The Kier molecular flexibility index (Phi) is 3.70. The van der Waals surface area contributed by atoms with Crippen molar-refractivity contribution in [1.29, 1.82) is 0 Å². The van der Waals surface area contributed by atoms with Gasteiger partial charge in [-0.3, -0.25) is 0 Å². The molecule has 1 aromatic carbocycles. The topological polar surface area (TPSA) is 61.8 Å².